The molecule has 0 atom stereocenters. The Hall–Kier alpha value is -2.96. The normalized spacial score (nSPS) is 11.5. The number of pyridine rings is 1. The Morgan fingerprint density at radius 1 is 1.12 bits per heavy atom. The molecule has 0 saturated carbocycles. The van der Waals surface area contributed by atoms with Crippen molar-refractivity contribution in [1.29, 1.82) is 0 Å². The van der Waals surface area contributed by atoms with Gasteiger partial charge in [0.25, 0.3) is 0 Å². The van der Waals surface area contributed by atoms with Crippen LogP contribution in [0, 0.1) is 6.92 Å². The summed E-state index contributed by atoms with van der Waals surface area (Å²) in [6, 6.07) is 16.4. The number of nitrogens with one attached hydrogen (secondary N) is 2. The van der Waals surface area contributed by atoms with Crippen LogP contribution in [0.25, 0.3) is 27.7 Å². The molecule has 6 heteroatoms. The fourth-order valence-corrected chi connectivity index (χ4v) is 3.26. The van der Waals surface area contributed by atoms with Crippen molar-refractivity contribution in [3.05, 3.63) is 70.1 Å². The molecule has 2 heterocycles. The highest BCUT2D eigenvalue weighted by atomic mass is 16.3. The van der Waals surface area contributed by atoms with Crippen LogP contribution in [-0.4, -0.2) is 32.9 Å². The molecule has 0 amide bonds. The van der Waals surface area contributed by atoms with Gasteiger partial charge in [0.05, 0.1) is 12.1 Å². The van der Waals surface area contributed by atoms with Gasteiger partial charge >= 0.3 is 5.69 Å². The predicted octanol–water partition coefficient (Wildman–Crippen LogP) is 2.23. The van der Waals surface area contributed by atoms with E-state index in [2.05, 4.69) is 45.8 Å². The van der Waals surface area contributed by atoms with Gasteiger partial charge in [0.2, 0.25) is 0 Å². The first-order valence-corrected chi connectivity index (χ1v) is 8.59. The third-order valence-electron chi connectivity index (χ3n) is 4.61. The summed E-state index contributed by atoms with van der Waals surface area (Å²) < 4.78 is 1.60. The van der Waals surface area contributed by atoms with Crippen molar-refractivity contribution in [2.24, 2.45) is 0 Å². The summed E-state index contributed by atoms with van der Waals surface area (Å²) in [6.45, 7) is 3.50. The van der Waals surface area contributed by atoms with Crippen LogP contribution in [0.5, 0.6) is 0 Å². The lowest BCUT2D eigenvalue weighted by Gasteiger charge is -2.09. The number of hydrogen-bond acceptors (Lipinski definition) is 4. The predicted molar refractivity (Wildman–Crippen MR) is 102 cm³/mol. The van der Waals surface area contributed by atoms with E-state index in [1.807, 2.05) is 25.1 Å². The molecule has 3 N–H and O–H groups in total. The largest absolute Gasteiger partial charge is 0.395 e. The fraction of sp³-hybridized carbons (Fsp3) is 0.200. The standard InChI is InChI=1S/C20H20N4O2/c1-13-10-19-22-23-20(26)24(19)18-7-6-16(11-17(13)18)15-4-2-14(3-5-15)12-21-8-9-25/h2-7,10-11,21,25H,8-9,12H2,1H3,(H,23,26). The van der Waals surface area contributed by atoms with Crippen molar-refractivity contribution in [3.8, 4) is 11.1 Å². The summed E-state index contributed by atoms with van der Waals surface area (Å²) in [4.78, 5) is 12.0. The Bertz CT molecular complexity index is 1130. The quantitative estimate of drug-likeness (QED) is 0.483. The summed E-state index contributed by atoms with van der Waals surface area (Å²) in [5.41, 5.74) is 5.74. The number of aromatic nitrogens is 3. The topological polar surface area (TPSA) is 82.4 Å². The molecule has 0 aliphatic carbocycles. The van der Waals surface area contributed by atoms with Gasteiger partial charge in [-0.1, -0.05) is 30.3 Å². The van der Waals surface area contributed by atoms with E-state index in [1.54, 1.807) is 4.40 Å². The monoisotopic (exact) mass is 348 g/mol. The minimum Gasteiger partial charge on any atom is -0.395 e. The highest BCUT2D eigenvalue weighted by Crippen LogP contribution is 2.27. The van der Waals surface area contributed by atoms with E-state index in [4.69, 9.17) is 5.11 Å². The Labute approximate surface area is 150 Å². The van der Waals surface area contributed by atoms with Crippen molar-refractivity contribution in [2.45, 2.75) is 13.5 Å². The zero-order valence-electron chi connectivity index (χ0n) is 14.5. The van der Waals surface area contributed by atoms with Crippen molar-refractivity contribution >= 4 is 16.6 Å². The maximum Gasteiger partial charge on any atom is 0.348 e. The molecular formula is C20H20N4O2. The van der Waals surface area contributed by atoms with Crippen LogP contribution in [0.3, 0.4) is 0 Å². The number of fused-ring (bicyclic) bond motifs is 3. The molecule has 26 heavy (non-hydrogen) atoms. The number of H-pyrrole nitrogens is 1. The molecule has 0 saturated heterocycles. The molecule has 4 aromatic rings. The smallest absolute Gasteiger partial charge is 0.348 e. The van der Waals surface area contributed by atoms with Crippen LogP contribution in [0.15, 0.2) is 53.3 Å². The van der Waals surface area contributed by atoms with Crippen molar-refractivity contribution < 1.29 is 5.11 Å². The van der Waals surface area contributed by atoms with Crippen molar-refractivity contribution in [3.63, 3.8) is 0 Å². The minimum absolute atomic E-state index is 0.140. The lowest BCUT2D eigenvalue weighted by Crippen LogP contribution is -2.17. The maximum absolute atomic E-state index is 12.0. The Balaban J connectivity index is 1.73. The second-order valence-electron chi connectivity index (χ2n) is 6.38. The molecule has 4 rings (SSSR count). The Morgan fingerprint density at radius 3 is 2.65 bits per heavy atom. The number of hydrogen-bond donors (Lipinski definition) is 3. The lowest BCUT2D eigenvalue weighted by atomic mass is 10.00. The van der Waals surface area contributed by atoms with Crippen LogP contribution >= 0.6 is 0 Å². The van der Waals surface area contributed by atoms with Gasteiger partial charge in [-0.3, -0.25) is 0 Å². The number of aromatic amines is 1. The molecule has 0 spiro atoms. The van der Waals surface area contributed by atoms with E-state index < -0.39 is 0 Å². The van der Waals surface area contributed by atoms with E-state index in [1.165, 1.54) is 5.56 Å². The average molecular weight is 348 g/mol. The van der Waals surface area contributed by atoms with Gasteiger partial charge in [0.1, 0.15) is 0 Å². The van der Waals surface area contributed by atoms with Crippen molar-refractivity contribution in [2.75, 3.05) is 13.2 Å². The van der Waals surface area contributed by atoms with Crippen LogP contribution in [0.1, 0.15) is 11.1 Å². The Kier molecular flexibility index (Phi) is 4.28. The van der Waals surface area contributed by atoms with Crippen LogP contribution in [-0.2, 0) is 6.54 Å². The molecule has 132 valence electrons. The number of aliphatic hydroxyl groups excluding tert-OH is 1. The average Bonchev–Trinajstić information content (AvgIpc) is 3.03. The molecule has 0 bridgehead atoms. The summed E-state index contributed by atoms with van der Waals surface area (Å²) >= 11 is 0. The summed E-state index contributed by atoms with van der Waals surface area (Å²) in [5, 5.41) is 19.6. The summed E-state index contributed by atoms with van der Waals surface area (Å²) in [5.74, 6) is 0. The van der Waals surface area contributed by atoms with Gasteiger partial charge in [-0.2, -0.15) is 5.10 Å². The van der Waals surface area contributed by atoms with E-state index in [9.17, 15) is 4.79 Å². The van der Waals surface area contributed by atoms with E-state index >= 15 is 0 Å². The molecule has 0 fully saturated rings. The molecular weight excluding hydrogens is 328 g/mol. The molecule has 0 unspecified atom stereocenters. The van der Waals surface area contributed by atoms with Crippen LogP contribution in [0.2, 0.25) is 0 Å². The number of rotatable bonds is 5. The zero-order valence-corrected chi connectivity index (χ0v) is 14.5. The highest BCUT2D eigenvalue weighted by Gasteiger charge is 2.09. The van der Waals surface area contributed by atoms with Crippen molar-refractivity contribution in [1.82, 2.24) is 19.9 Å². The molecule has 2 aromatic heterocycles. The lowest BCUT2D eigenvalue weighted by molar-refractivity contribution is 0.292. The molecule has 2 aromatic carbocycles. The second kappa shape index (κ2) is 6.74. The van der Waals surface area contributed by atoms with Gasteiger partial charge in [-0.15, -0.1) is 0 Å². The number of nitrogens with zero attached hydrogens (tertiary/aromatic N) is 2. The number of aliphatic hydroxyl groups is 1. The highest BCUT2D eigenvalue weighted by molar-refractivity contribution is 5.89. The van der Waals surface area contributed by atoms with E-state index in [0.29, 0.717) is 12.2 Å². The van der Waals surface area contributed by atoms with E-state index in [0.717, 1.165) is 34.1 Å². The molecule has 0 radical (unpaired) electrons. The first-order chi connectivity index (χ1) is 12.7. The maximum atomic E-state index is 12.0. The van der Waals surface area contributed by atoms with Gasteiger partial charge < -0.3 is 10.4 Å². The minimum atomic E-state index is -0.225. The zero-order chi connectivity index (χ0) is 18.1. The Morgan fingerprint density at radius 2 is 1.88 bits per heavy atom. The molecule has 0 aliphatic heterocycles. The van der Waals surface area contributed by atoms with Crippen LogP contribution in [0.4, 0.5) is 0 Å². The van der Waals surface area contributed by atoms with Gasteiger partial charge in [0, 0.05) is 18.5 Å². The van der Waals surface area contributed by atoms with Gasteiger partial charge in [-0.25, -0.2) is 14.3 Å². The van der Waals surface area contributed by atoms with E-state index in [-0.39, 0.29) is 12.3 Å². The molecule has 0 aliphatic rings. The first kappa shape index (κ1) is 16.5. The second-order valence-corrected chi connectivity index (χ2v) is 6.38. The van der Waals surface area contributed by atoms with Gasteiger partial charge in [0.15, 0.2) is 5.65 Å². The first-order valence-electron chi connectivity index (χ1n) is 8.59. The number of aryl methyl sites for hydroxylation is 1. The molecule has 6 nitrogen and oxygen atoms in total. The summed E-state index contributed by atoms with van der Waals surface area (Å²) in [6.07, 6.45) is 0. The summed E-state index contributed by atoms with van der Waals surface area (Å²) in [7, 11) is 0. The fourth-order valence-electron chi connectivity index (χ4n) is 3.26. The SMILES string of the molecule is Cc1cc2n[nH]c(=O)n2c2ccc(-c3ccc(CNCCO)cc3)cc12. The number of benzene rings is 2. The third-order valence-corrected chi connectivity index (χ3v) is 4.61. The van der Waals surface area contributed by atoms with Gasteiger partial charge in [-0.05, 0) is 47.4 Å². The third kappa shape index (κ3) is 2.89. The van der Waals surface area contributed by atoms with Crippen LogP contribution < -0.4 is 11.0 Å².